The van der Waals surface area contributed by atoms with E-state index in [4.69, 9.17) is 4.74 Å². The topological polar surface area (TPSA) is 94.8 Å². The number of hydrogen-bond acceptors (Lipinski definition) is 6. The Morgan fingerprint density at radius 2 is 1.80 bits per heavy atom. The van der Waals surface area contributed by atoms with Gasteiger partial charge in [0.05, 0.1) is 11.7 Å². The number of aromatic nitrogens is 5. The molecule has 2 aromatic carbocycles. The molecular weight excluding hydrogens is 380 g/mol. The molecule has 4 aromatic rings. The molecule has 0 radical (unpaired) electrons. The highest BCUT2D eigenvalue weighted by Crippen LogP contribution is 2.28. The van der Waals surface area contributed by atoms with E-state index in [2.05, 4.69) is 25.8 Å². The molecule has 0 aliphatic rings. The zero-order valence-corrected chi connectivity index (χ0v) is 16.6. The van der Waals surface area contributed by atoms with Gasteiger partial charge in [-0.3, -0.25) is 4.98 Å². The molecule has 1 unspecified atom stereocenters. The lowest BCUT2D eigenvalue weighted by Gasteiger charge is -2.15. The van der Waals surface area contributed by atoms with Crippen LogP contribution in [0.5, 0.6) is 5.75 Å². The minimum Gasteiger partial charge on any atom is -0.410 e. The van der Waals surface area contributed by atoms with Crippen molar-refractivity contribution in [1.82, 2.24) is 30.5 Å². The largest absolute Gasteiger partial charge is 0.413 e. The van der Waals surface area contributed by atoms with Crippen LogP contribution in [0.3, 0.4) is 0 Å². The first-order valence-corrected chi connectivity index (χ1v) is 9.42. The number of tetrazole rings is 1. The normalized spacial score (nSPS) is 11.7. The van der Waals surface area contributed by atoms with E-state index in [9.17, 15) is 4.79 Å². The average Bonchev–Trinajstić information content (AvgIpc) is 3.29. The molecule has 2 heterocycles. The molecule has 0 bridgehead atoms. The molecule has 1 atom stereocenters. The number of nitrogens with one attached hydrogen (secondary N) is 1. The Morgan fingerprint density at radius 3 is 2.50 bits per heavy atom. The first-order chi connectivity index (χ1) is 14.6. The Morgan fingerprint density at radius 1 is 1.03 bits per heavy atom. The second kappa shape index (κ2) is 8.52. The third-order valence-corrected chi connectivity index (χ3v) is 4.64. The molecule has 4 rings (SSSR count). The summed E-state index contributed by atoms with van der Waals surface area (Å²) in [6.45, 7) is 3.91. The van der Waals surface area contributed by atoms with Crippen LogP contribution in [0, 0.1) is 6.92 Å². The number of rotatable bonds is 5. The van der Waals surface area contributed by atoms with Gasteiger partial charge < -0.3 is 10.1 Å². The minimum atomic E-state index is -0.553. The van der Waals surface area contributed by atoms with E-state index < -0.39 is 6.09 Å². The Hall–Kier alpha value is -4.07. The van der Waals surface area contributed by atoms with Crippen molar-refractivity contribution >= 4 is 6.09 Å². The van der Waals surface area contributed by atoms with Gasteiger partial charge in [0.15, 0.2) is 0 Å². The van der Waals surface area contributed by atoms with Gasteiger partial charge in [-0.2, -0.15) is 0 Å². The van der Waals surface area contributed by atoms with Gasteiger partial charge in [0.2, 0.25) is 0 Å². The van der Waals surface area contributed by atoms with Crippen LogP contribution in [-0.4, -0.2) is 31.3 Å². The van der Waals surface area contributed by atoms with Crippen molar-refractivity contribution in [2.45, 2.75) is 19.9 Å². The summed E-state index contributed by atoms with van der Waals surface area (Å²) in [7, 11) is 0. The smallest absolute Gasteiger partial charge is 0.410 e. The van der Waals surface area contributed by atoms with Crippen LogP contribution in [-0.2, 0) is 0 Å². The van der Waals surface area contributed by atoms with E-state index in [1.807, 2.05) is 62.4 Å². The van der Waals surface area contributed by atoms with Crippen LogP contribution in [0.2, 0.25) is 0 Å². The van der Waals surface area contributed by atoms with Gasteiger partial charge in [-0.25, -0.2) is 9.48 Å². The van der Waals surface area contributed by atoms with Gasteiger partial charge in [-0.15, -0.1) is 5.10 Å². The van der Waals surface area contributed by atoms with E-state index in [1.54, 1.807) is 18.5 Å². The molecule has 0 saturated carbocycles. The van der Waals surface area contributed by atoms with Crippen LogP contribution in [0.1, 0.15) is 24.1 Å². The fraction of sp³-hybridized carbons (Fsp3) is 0.136. The van der Waals surface area contributed by atoms with Gasteiger partial charge in [-0.05, 0) is 65.2 Å². The van der Waals surface area contributed by atoms with Crippen LogP contribution in [0.15, 0.2) is 73.3 Å². The van der Waals surface area contributed by atoms with Crippen molar-refractivity contribution in [2.75, 3.05) is 0 Å². The van der Waals surface area contributed by atoms with E-state index in [0.717, 1.165) is 22.3 Å². The van der Waals surface area contributed by atoms with Crippen molar-refractivity contribution in [1.29, 1.82) is 0 Å². The second-order valence-electron chi connectivity index (χ2n) is 6.87. The van der Waals surface area contributed by atoms with Crippen LogP contribution in [0.4, 0.5) is 4.79 Å². The molecule has 8 nitrogen and oxygen atoms in total. The zero-order valence-electron chi connectivity index (χ0n) is 16.6. The standard InChI is InChI=1S/C22H20N6O2/c1-15-3-5-18(6-4-15)19-11-20(28-14-24-26-27-28)13-21(12-19)30-22(29)25-16(2)17-7-9-23-10-8-17/h3-14,16H,1-2H3,(H,25,29). The summed E-state index contributed by atoms with van der Waals surface area (Å²) in [6.07, 6.45) is 4.30. The van der Waals surface area contributed by atoms with Gasteiger partial charge in [0.1, 0.15) is 12.1 Å². The summed E-state index contributed by atoms with van der Waals surface area (Å²) in [6, 6.07) is 17.0. The number of amides is 1. The predicted octanol–water partition coefficient (Wildman–Crippen LogP) is 3.88. The third-order valence-electron chi connectivity index (χ3n) is 4.64. The molecule has 2 aromatic heterocycles. The maximum atomic E-state index is 12.5. The molecular formula is C22H20N6O2. The maximum absolute atomic E-state index is 12.5. The van der Waals surface area contributed by atoms with Gasteiger partial charge >= 0.3 is 6.09 Å². The molecule has 0 aliphatic heterocycles. The number of benzene rings is 2. The number of pyridine rings is 1. The highest BCUT2D eigenvalue weighted by molar-refractivity contribution is 5.74. The average molecular weight is 400 g/mol. The molecule has 0 aliphatic carbocycles. The molecule has 1 amide bonds. The molecule has 8 heteroatoms. The fourth-order valence-electron chi connectivity index (χ4n) is 3.02. The Labute approximate surface area is 173 Å². The second-order valence-corrected chi connectivity index (χ2v) is 6.87. The van der Waals surface area contributed by atoms with Gasteiger partial charge in [0, 0.05) is 18.5 Å². The lowest BCUT2D eigenvalue weighted by Crippen LogP contribution is -2.29. The number of hydrogen-bond donors (Lipinski definition) is 1. The first-order valence-electron chi connectivity index (χ1n) is 9.42. The number of aryl methyl sites for hydroxylation is 1. The van der Waals surface area contributed by atoms with Crippen LogP contribution >= 0.6 is 0 Å². The van der Waals surface area contributed by atoms with E-state index in [-0.39, 0.29) is 6.04 Å². The Bertz CT molecular complexity index is 1130. The lowest BCUT2D eigenvalue weighted by molar-refractivity contribution is 0.197. The SMILES string of the molecule is Cc1ccc(-c2cc(OC(=O)NC(C)c3ccncc3)cc(-n3cnnn3)c2)cc1. The highest BCUT2D eigenvalue weighted by Gasteiger charge is 2.13. The van der Waals surface area contributed by atoms with Gasteiger partial charge in [0.25, 0.3) is 0 Å². The predicted molar refractivity (Wildman–Crippen MR) is 111 cm³/mol. The fourth-order valence-corrected chi connectivity index (χ4v) is 3.02. The number of ether oxygens (including phenoxy) is 1. The van der Waals surface area contributed by atoms with Crippen molar-refractivity contribution in [3.63, 3.8) is 0 Å². The first kappa shape index (κ1) is 19.3. The van der Waals surface area contributed by atoms with E-state index in [0.29, 0.717) is 11.4 Å². The molecule has 150 valence electrons. The Balaban J connectivity index is 1.60. The number of carbonyl (C=O) groups excluding carboxylic acids is 1. The van der Waals surface area contributed by atoms with Crippen molar-refractivity contribution in [3.05, 3.63) is 84.4 Å². The molecule has 0 spiro atoms. The Kier molecular flexibility index (Phi) is 5.47. The molecule has 0 fully saturated rings. The minimum absolute atomic E-state index is 0.222. The van der Waals surface area contributed by atoms with E-state index >= 15 is 0 Å². The molecule has 0 saturated heterocycles. The number of nitrogens with zero attached hydrogens (tertiary/aromatic N) is 5. The number of carbonyl (C=O) groups is 1. The molecule has 1 N–H and O–H groups in total. The van der Waals surface area contributed by atoms with E-state index in [1.165, 1.54) is 11.0 Å². The summed E-state index contributed by atoms with van der Waals surface area (Å²) in [5.41, 5.74) is 4.66. The van der Waals surface area contributed by atoms with Crippen molar-refractivity contribution < 1.29 is 9.53 Å². The van der Waals surface area contributed by atoms with Crippen LogP contribution < -0.4 is 10.1 Å². The maximum Gasteiger partial charge on any atom is 0.413 e. The molecule has 30 heavy (non-hydrogen) atoms. The quantitative estimate of drug-likeness (QED) is 0.546. The lowest BCUT2D eigenvalue weighted by atomic mass is 10.0. The summed E-state index contributed by atoms with van der Waals surface area (Å²) < 4.78 is 7.10. The van der Waals surface area contributed by atoms with Crippen molar-refractivity contribution in [2.24, 2.45) is 0 Å². The summed E-state index contributed by atoms with van der Waals surface area (Å²) in [4.78, 5) is 16.5. The zero-order chi connectivity index (χ0) is 20.9. The summed E-state index contributed by atoms with van der Waals surface area (Å²) in [5.74, 6) is 0.387. The summed E-state index contributed by atoms with van der Waals surface area (Å²) >= 11 is 0. The summed E-state index contributed by atoms with van der Waals surface area (Å²) in [5, 5.41) is 14.1. The monoisotopic (exact) mass is 400 g/mol. The van der Waals surface area contributed by atoms with Crippen LogP contribution in [0.25, 0.3) is 16.8 Å². The highest BCUT2D eigenvalue weighted by atomic mass is 16.6. The van der Waals surface area contributed by atoms with Crippen molar-refractivity contribution in [3.8, 4) is 22.6 Å². The third kappa shape index (κ3) is 4.49. The van der Waals surface area contributed by atoms with Gasteiger partial charge in [-0.1, -0.05) is 29.8 Å².